The molecule has 0 saturated heterocycles. The average Bonchev–Trinajstić information content (AvgIpc) is 3.02. The summed E-state index contributed by atoms with van der Waals surface area (Å²) in [7, 11) is -4.11. The Morgan fingerprint density at radius 1 is 0.744 bits per heavy atom. The predicted octanol–water partition coefficient (Wildman–Crippen LogP) is 5.60. The van der Waals surface area contributed by atoms with Crippen molar-refractivity contribution in [1.82, 2.24) is 10.2 Å². The van der Waals surface area contributed by atoms with Crippen molar-refractivity contribution in [2.24, 2.45) is 5.92 Å². The number of sulfonamides is 1. The Labute approximate surface area is 255 Å². The van der Waals surface area contributed by atoms with Gasteiger partial charge in [0.05, 0.1) is 10.6 Å². The normalized spacial score (nSPS) is 12.0. The molecular weight excluding hydrogens is 558 g/mol. The molecule has 0 fully saturated rings. The summed E-state index contributed by atoms with van der Waals surface area (Å²) in [5.41, 5.74) is 3.05. The molecule has 0 aliphatic carbocycles. The van der Waals surface area contributed by atoms with Gasteiger partial charge in [0.2, 0.25) is 11.8 Å². The van der Waals surface area contributed by atoms with Crippen LogP contribution in [0.1, 0.15) is 30.5 Å². The summed E-state index contributed by atoms with van der Waals surface area (Å²) >= 11 is 0. The lowest BCUT2D eigenvalue weighted by atomic mass is 10.0. The van der Waals surface area contributed by atoms with Crippen molar-refractivity contribution in [3.05, 3.63) is 132 Å². The predicted molar refractivity (Wildman–Crippen MR) is 171 cm³/mol. The minimum absolute atomic E-state index is 0.0773. The number of amides is 2. The maximum absolute atomic E-state index is 14.4. The average molecular weight is 598 g/mol. The fraction of sp³-hybridized carbons (Fsp3) is 0.257. The fourth-order valence-corrected chi connectivity index (χ4v) is 6.15. The van der Waals surface area contributed by atoms with Crippen molar-refractivity contribution >= 4 is 27.5 Å². The molecule has 4 aromatic rings. The summed E-state index contributed by atoms with van der Waals surface area (Å²) in [4.78, 5) is 29.7. The number of anilines is 1. The van der Waals surface area contributed by atoms with Crippen molar-refractivity contribution in [3.63, 3.8) is 0 Å². The molecule has 7 nitrogen and oxygen atoms in total. The van der Waals surface area contributed by atoms with Gasteiger partial charge in [-0.15, -0.1) is 0 Å². The minimum Gasteiger partial charge on any atom is -0.354 e. The van der Waals surface area contributed by atoms with E-state index in [1.807, 2.05) is 93.6 Å². The summed E-state index contributed by atoms with van der Waals surface area (Å²) in [6.45, 7) is 6.04. The number of nitrogens with zero attached hydrogens (tertiary/aromatic N) is 2. The largest absolute Gasteiger partial charge is 0.354 e. The maximum Gasteiger partial charge on any atom is 0.264 e. The Hall–Kier alpha value is -4.43. The topological polar surface area (TPSA) is 86.8 Å². The molecule has 4 rings (SSSR count). The highest BCUT2D eigenvalue weighted by atomic mass is 32.2. The summed E-state index contributed by atoms with van der Waals surface area (Å²) in [5.74, 6) is -0.549. The Kier molecular flexibility index (Phi) is 10.7. The van der Waals surface area contributed by atoms with Gasteiger partial charge in [-0.05, 0) is 48.2 Å². The first kappa shape index (κ1) is 31.5. The molecule has 1 N–H and O–H groups in total. The molecule has 0 bridgehead atoms. The molecule has 0 aliphatic heterocycles. The Bertz CT molecular complexity index is 1580. The van der Waals surface area contributed by atoms with Gasteiger partial charge in [-0.2, -0.15) is 0 Å². The second kappa shape index (κ2) is 14.6. The highest BCUT2D eigenvalue weighted by Crippen LogP contribution is 2.25. The second-order valence-electron chi connectivity index (χ2n) is 11.0. The van der Waals surface area contributed by atoms with Gasteiger partial charge in [-0.3, -0.25) is 13.9 Å². The zero-order chi connectivity index (χ0) is 30.8. The first-order chi connectivity index (χ1) is 20.6. The number of nitrogens with one attached hydrogen (secondary N) is 1. The minimum atomic E-state index is -4.11. The van der Waals surface area contributed by atoms with Gasteiger partial charge in [-0.25, -0.2) is 8.42 Å². The molecule has 0 heterocycles. The van der Waals surface area contributed by atoms with Gasteiger partial charge in [0.15, 0.2) is 0 Å². The monoisotopic (exact) mass is 597 g/mol. The number of aryl methyl sites for hydroxylation is 1. The van der Waals surface area contributed by atoms with Crippen LogP contribution in [0.3, 0.4) is 0 Å². The Morgan fingerprint density at radius 2 is 1.28 bits per heavy atom. The van der Waals surface area contributed by atoms with E-state index in [1.54, 1.807) is 30.3 Å². The van der Waals surface area contributed by atoms with Crippen molar-refractivity contribution in [3.8, 4) is 0 Å². The van der Waals surface area contributed by atoms with E-state index in [0.717, 1.165) is 21.0 Å². The van der Waals surface area contributed by atoms with Crippen LogP contribution in [0.25, 0.3) is 0 Å². The van der Waals surface area contributed by atoms with Gasteiger partial charge < -0.3 is 10.2 Å². The third-order valence-electron chi connectivity index (χ3n) is 7.08. The van der Waals surface area contributed by atoms with E-state index >= 15 is 0 Å². The smallest absolute Gasteiger partial charge is 0.264 e. The van der Waals surface area contributed by atoms with E-state index in [2.05, 4.69) is 5.32 Å². The standard InChI is InChI=1S/C35H39N3O4S/c1-27(2)24-36-35(40)33(23-29-13-7-4-8-14-29)37(25-30-15-9-5-10-16-30)34(39)26-38(31-21-19-28(3)20-22-31)43(41,42)32-17-11-6-12-18-32/h4-22,27,33H,23-26H2,1-3H3,(H,36,40). The third-order valence-corrected chi connectivity index (χ3v) is 8.87. The van der Waals surface area contributed by atoms with Crippen LogP contribution < -0.4 is 9.62 Å². The lowest BCUT2D eigenvalue weighted by Crippen LogP contribution is -2.53. The van der Waals surface area contributed by atoms with Gasteiger partial charge in [0.25, 0.3) is 10.0 Å². The Balaban J connectivity index is 1.77. The quantitative estimate of drug-likeness (QED) is 0.217. The van der Waals surface area contributed by atoms with Crippen LogP contribution >= 0.6 is 0 Å². The lowest BCUT2D eigenvalue weighted by Gasteiger charge is -2.34. The molecular formula is C35H39N3O4S. The molecule has 2 amide bonds. The molecule has 4 aromatic carbocycles. The fourth-order valence-electron chi connectivity index (χ4n) is 4.72. The van der Waals surface area contributed by atoms with Gasteiger partial charge in [0, 0.05) is 19.5 Å². The number of hydrogen-bond acceptors (Lipinski definition) is 4. The first-order valence-electron chi connectivity index (χ1n) is 14.4. The lowest BCUT2D eigenvalue weighted by molar-refractivity contribution is -0.140. The zero-order valence-corrected chi connectivity index (χ0v) is 25.7. The number of hydrogen-bond donors (Lipinski definition) is 1. The van der Waals surface area contributed by atoms with Crippen LogP contribution in [0.2, 0.25) is 0 Å². The molecule has 1 atom stereocenters. The van der Waals surface area contributed by atoms with Crippen LogP contribution in [0.15, 0.2) is 120 Å². The van der Waals surface area contributed by atoms with E-state index in [-0.39, 0.29) is 29.7 Å². The number of carbonyl (C=O) groups is 2. The van der Waals surface area contributed by atoms with E-state index < -0.39 is 28.5 Å². The number of benzene rings is 4. The van der Waals surface area contributed by atoms with Crippen molar-refractivity contribution in [2.45, 2.75) is 44.7 Å². The highest BCUT2D eigenvalue weighted by Gasteiger charge is 2.34. The first-order valence-corrected chi connectivity index (χ1v) is 15.9. The van der Waals surface area contributed by atoms with E-state index in [9.17, 15) is 18.0 Å². The van der Waals surface area contributed by atoms with Gasteiger partial charge in [0.1, 0.15) is 12.6 Å². The van der Waals surface area contributed by atoms with Crippen molar-refractivity contribution < 1.29 is 18.0 Å². The Morgan fingerprint density at radius 3 is 1.84 bits per heavy atom. The van der Waals surface area contributed by atoms with Crippen LogP contribution in [-0.2, 0) is 32.6 Å². The molecule has 1 unspecified atom stereocenters. The van der Waals surface area contributed by atoms with Gasteiger partial charge >= 0.3 is 0 Å². The van der Waals surface area contributed by atoms with E-state index in [4.69, 9.17) is 0 Å². The third kappa shape index (κ3) is 8.55. The zero-order valence-electron chi connectivity index (χ0n) is 24.9. The van der Waals surface area contributed by atoms with Crippen LogP contribution in [0.4, 0.5) is 5.69 Å². The van der Waals surface area contributed by atoms with Crippen LogP contribution in [0.5, 0.6) is 0 Å². The van der Waals surface area contributed by atoms with E-state index in [0.29, 0.717) is 12.2 Å². The summed E-state index contributed by atoms with van der Waals surface area (Å²) in [5, 5.41) is 3.01. The van der Waals surface area contributed by atoms with Gasteiger partial charge in [-0.1, -0.05) is 110 Å². The van der Waals surface area contributed by atoms with Crippen LogP contribution in [0, 0.1) is 12.8 Å². The number of rotatable bonds is 13. The second-order valence-corrected chi connectivity index (χ2v) is 12.9. The maximum atomic E-state index is 14.4. The highest BCUT2D eigenvalue weighted by molar-refractivity contribution is 7.92. The van der Waals surface area contributed by atoms with Crippen molar-refractivity contribution in [2.75, 3.05) is 17.4 Å². The molecule has 0 spiro atoms. The SMILES string of the molecule is Cc1ccc(N(CC(=O)N(Cc2ccccc2)C(Cc2ccccc2)C(=O)NCC(C)C)S(=O)(=O)c2ccccc2)cc1. The van der Waals surface area contributed by atoms with Crippen LogP contribution in [-0.4, -0.2) is 44.3 Å². The summed E-state index contributed by atoms with van der Waals surface area (Å²) in [6, 6.07) is 33.2. The molecule has 0 radical (unpaired) electrons. The molecule has 43 heavy (non-hydrogen) atoms. The number of carbonyl (C=O) groups excluding carboxylic acids is 2. The molecule has 8 heteroatoms. The van der Waals surface area contributed by atoms with E-state index in [1.165, 1.54) is 17.0 Å². The van der Waals surface area contributed by atoms with Crippen molar-refractivity contribution in [1.29, 1.82) is 0 Å². The molecule has 0 aliphatic rings. The molecule has 224 valence electrons. The molecule has 0 aromatic heterocycles. The summed E-state index contributed by atoms with van der Waals surface area (Å²) in [6.07, 6.45) is 0.277. The summed E-state index contributed by atoms with van der Waals surface area (Å²) < 4.78 is 29.1. The molecule has 0 saturated carbocycles.